The van der Waals surface area contributed by atoms with Crippen LogP contribution in [0.25, 0.3) is 0 Å². The normalized spacial score (nSPS) is 23.6. The van der Waals surface area contributed by atoms with E-state index in [1.54, 1.807) is 0 Å². The first-order valence-electron chi connectivity index (χ1n) is 6.55. The van der Waals surface area contributed by atoms with E-state index in [0.717, 1.165) is 19.0 Å². The fourth-order valence-corrected chi connectivity index (χ4v) is 3.17. The molecule has 2 nitrogen and oxygen atoms in total. The van der Waals surface area contributed by atoms with Gasteiger partial charge in [0.1, 0.15) is 0 Å². The Morgan fingerprint density at radius 3 is 2.35 bits per heavy atom. The van der Waals surface area contributed by atoms with Crippen LogP contribution in [0.3, 0.4) is 0 Å². The maximum atomic E-state index is 3.45. The lowest BCUT2D eigenvalue weighted by atomic mass is 10.00. The zero-order chi connectivity index (χ0) is 11.7. The molecule has 17 heavy (non-hydrogen) atoms. The van der Waals surface area contributed by atoms with E-state index in [1.807, 2.05) is 0 Å². The van der Waals surface area contributed by atoms with Gasteiger partial charge in [-0.3, -0.25) is 4.90 Å². The first kappa shape index (κ1) is 11.9. The van der Waals surface area contributed by atoms with Crippen molar-refractivity contribution in [3.05, 3.63) is 33.4 Å². The largest absolute Gasteiger partial charge is 0.314 e. The average Bonchev–Trinajstić information content (AvgIpc) is 3.18. The number of benzene rings is 1. The molecular weight excluding hydrogens is 323 g/mol. The van der Waals surface area contributed by atoms with Crippen LogP contribution in [0.4, 0.5) is 0 Å². The van der Waals surface area contributed by atoms with E-state index in [9.17, 15) is 0 Å². The molecule has 0 bridgehead atoms. The molecule has 92 valence electrons. The van der Waals surface area contributed by atoms with Crippen LogP contribution < -0.4 is 5.32 Å². The molecule has 0 spiro atoms. The molecule has 1 heterocycles. The first-order valence-corrected chi connectivity index (χ1v) is 7.63. The van der Waals surface area contributed by atoms with Crippen molar-refractivity contribution in [2.24, 2.45) is 5.92 Å². The van der Waals surface area contributed by atoms with Crippen LogP contribution in [-0.4, -0.2) is 31.1 Å². The summed E-state index contributed by atoms with van der Waals surface area (Å²) in [4.78, 5) is 2.68. The molecular formula is C14H19IN2. The van der Waals surface area contributed by atoms with E-state index in [2.05, 4.69) is 57.1 Å². The molecule has 0 unspecified atom stereocenters. The molecule has 1 saturated heterocycles. The third-order valence-electron chi connectivity index (χ3n) is 3.83. The summed E-state index contributed by atoms with van der Waals surface area (Å²) in [7, 11) is 0. The van der Waals surface area contributed by atoms with E-state index in [1.165, 1.54) is 35.1 Å². The topological polar surface area (TPSA) is 15.3 Å². The summed E-state index contributed by atoms with van der Waals surface area (Å²) < 4.78 is 1.33. The summed E-state index contributed by atoms with van der Waals surface area (Å²) in [5.74, 6) is 0.910. The summed E-state index contributed by atoms with van der Waals surface area (Å²) in [6.07, 6.45) is 2.83. The van der Waals surface area contributed by atoms with E-state index < -0.39 is 0 Å². The van der Waals surface area contributed by atoms with Gasteiger partial charge in [0.2, 0.25) is 0 Å². The highest BCUT2D eigenvalue weighted by Gasteiger charge is 2.36. The SMILES string of the molecule is Ic1ccc([C@H](C2CC2)N2CCNCC2)cc1. The van der Waals surface area contributed by atoms with Crippen LogP contribution in [0.1, 0.15) is 24.4 Å². The third-order valence-corrected chi connectivity index (χ3v) is 4.54. The Bertz CT molecular complexity index is 366. The molecule has 1 aliphatic carbocycles. The van der Waals surface area contributed by atoms with E-state index in [0.29, 0.717) is 6.04 Å². The Morgan fingerprint density at radius 1 is 1.12 bits per heavy atom. The molecule has 0 aromatic heterocycles. The molecule has 1 atom stereocenters. The van der Waals surface area contributed by atoms with E-state index >= 15 is 0 Å². The minimum atomic E-state index is 0.675. The maximum absolute atomic E-state index is 3.45. The fourth-order valence-electron chi connectivity index (χ4n) is 2.81. The van der Waals surface area contributed by atoms with Crippen LogP contribution in [-0.2, 0) is 0 Å². The third kappa shape index (κ3) is 2.83. The molecule has 3 heteroatoms. The fraction of sp³-hybridized carbons (Fsp3) is 0.571. The highest BCUT2D eigenvalue weighted by atomic mass is 127. The lowest BCUT2D eigenvalue weighted by Gasteiger charge is -2.35. The lowest BCUT2D eigenvalue weighted by Crippen LogP contribution is -2.45. The van der Waals surface area contributed by atoms with Gasteiger partial charge in [-0.05, 0) is 59.0 Å². The Morgan fingerprint density at radius 2 is 1.76 bits per heavy atom. The number of hydrogen-bond donors (Lipinski definition) is 1. The Hall–Kier alpha value is -0.130. The molecule has 1 saturated carbocycles. The van der Waals surface area contributed by atoms with Gasteiger partial charge in [0, 0.05) is 35.8 Å². The van der Waals surface area contributed by atoms with E-state index in [-0.39, 0.29) is 0 Å². The van der Waals surface area contributed by atoms with Gasteiger partial charge in [0.25, 0.3) is 0 Å². The van der Waals surface area contributed by atoms with Crippen molar-refractivity contribution >= 4 is 22.6 Å². The Balaban J connectivity index is 1.81. The highest BCUT2D eigenvalue weighted by molar-refractivity contribution is 14.1. The Kier molecular flexibility index (Phi) is 3.68. The molecule has 1 N–H and O–H groups in total. The van der Waals surface area contributed by atoms with Gasteiger partial charge in [-0.25, -0.2) is 0 Å². The van der Waals surface area contributed by atoms with Crippen molar-refractivity contribution in [1.82, 2.24) is 10.2 Å². The Labute approximate surface area is 117 Å². The van der Waals surface area contributed by atoms with Gasteiger partial charge in [0.15, 0.2) is 0 Å². The summed E-state index contributed by atoms with van der Waals surface area (Å²) in [5.41, 5.74) is 1.52. The molecule has 0 radical (unpaired) electrons. The number of nitrogens with zero attached hydrogens (tertiary/aromatic N) is 1. The number of piperazine rings is 1. The van der Waals surface area contributed by atoms with Crippen molar-refractivity contribution in [1.29, 1.82) is 0 Å². The number of nitrogens with one attached hydrogen (secondary N) is 1. The lowest BCUT2D eigenvalue weighted by molar-refractivity contribution is 0.156. The second-order valence-corrected chi connectivity index (χ2v) is 6.37. The van der Waals surface area contributed by atoms with Crippen LogP contribution >= 0.6 is 22.6 Å². The van der Waals surface area contributed by atoms with Gasteiger partial charge in [-0.2, -0.15) is 0 Å². The van der Waals surface area contributed by atoms with Crippen molar-refractivity contribution in [3.8, 4) is 0 Å². The van der Waals surface area contributed by atoms with Gasteiger partial charge in [0.05, 0.1) is 0 Å². The summed E-state index contributed by atoms with van der Waals surface area (Å²) in [6.45, 7) is 4.70. The van der Waals surface area contributed by atoms with E-state index in [4.69, 9.17) is 0 Å². The van der Waals surface area contributed by atoms with Crippen molar-refractivity contribution in [2.75, 3.05) is 26.2 Å². The minimum Gasteiger partial charge on any atom is -0.314 e. The smallest absolute Gasteiger partial charge is 0.0377 e. The monoisotopic (exact) mass is 342 g/mol. The van der Waals surface area contributed by atoms with Gasteiger partial charge < -0.3 is 5.32 Å². The quantitative estimate of drug-likeness (QED) is 0.850. The summed E-state index contributed by atoms with van der Waals surface area (Å²) in [5, 5.41) is 3.45. The van der Waals surface area contributed by atoms with Crippen LogP contribution in [0, 0.1) is 9.49 Å². The molecule has 2 fully saturated rings. The van der Waals surface area contributed by atoms with Crippen LogP contribution in [0.2, 0.25) is 0 Å². The molecule has 2 aliphatic rings. The molecule has 0 amide bonds. The first-order chi connectivity index (χ1) is 8.34. The number of halogens is 1. The average molecular weight is 342 g/mol. The summed E-state index contributed by atoms with van der Waals surface area (Å²) in [6, 6.07) is 9.81. The van der Waals surface area contributed by atoms with Crippen LogP contribution in [0.15, 0.2) is 24.3 Å². The minimum absolute atomic E-state index is 0.675. The van der Waals surface area contributed by atoms with Gasteiger partial charge in [-0.1, -0.05) is 12.1 Å². The second-order valence-electron chi connectivity index (χ2n) is 5.12. The second kappa shape index (κ2) is 5.24. The van der Waals surface area contributed by atoms with Gasteiger partial charge >= 0.3 is 0 Å². The summed E-state index contributed by atoms with van der Waals surface area (Å²) >= 11 is 2.38. The highest BCUT2D eigenvalue weighted by Crippen LogP contribution is 2.44. The standard InChI is InChI=1S/C14H19IN2/c15-13-5-3-12(4-6-13)14(11-1-2-11)17-9-7-16-8-10-17/h3-6,11,14,16H,1-2,7-10H2/t14-/m0/s1. The molecule has 1 aliphatic heterocycles. The van der Waals surface area contributed by atoms with Crippen LogP contribution in [0.5, 0.6) is 0 Å². The predicted octanol–water partition coefficient (Wildman–Crippen LogP) is 2.65. The maximum Gasteiger partial charge on any atom is 0.0377 e. The predicted molar refractivity (Wildman–Crippen MR) is 79.1 cm³/mol. The van der Waals surface area contributed by atoms with Crippen molar-refractivity contribution in [3.63, 3.8) is 0 Å². The zero-order valence-electron chi connectivity index (χ0n) is 10.0. The molecule has 1 aromatic rings. The van der Waals surface area contributed by atoms with Crippen molar-refractivity contribution < 1.29 is 0 Å². The molecule has 1 aromatic carbocycles. The number of rotatable bonds is 3. The number of hydrogen-bond acceptors (Lipinski definition) is 2. The van der Waals surface area contributed by atoms with Gasteiger partial charge in [-0.15, -0.1) is 0 Å². The van der Waals surface area contributed by atoms with Crippen molar-refractivity contribution in [2.45, 2.75) is 18.9 Å². The molecule has 3 rings (SSSR count). The zero-order valence-corrected chi connectivity index (χ0v) is 12.2.